The fourth-order valence-electron chi connectivity index (χ4n) is 1.48. The highest BCUT2D eigenvalue weighted by Gasteiger charge is 2.19. The van der Waals surface area contributed by atoms with E-state index in [2.05, 4.69) is 10.3 Å². The van der Waals surface area contributed by atoms with Crippen LogP contribution in [0.4, 0.5) is 0 Å². The van der Waals surface area contributed by atoms with Crippen LogP contribution in [-0.4, -0.2) is 11.5 Å². The van der Waals surface area contributed by atoms with Gasteiger partial charge in [0.05, 0.1) is 5.02 Å². The monoisotopic (exact) mass is 210 g/mol. The van der Waals surface area contributed by atoms with Gasteiger partial charge in [0.2, 0.25) is 0 Å². The van der Waals surface area contributed by atoms with Crippen LogP contribution in [0.15, 0.2) is 18.5 Å². The van der Waals surface area contributed by atoms with Crippen LogP contribution in [0.25, 0.3) is 0 Å². The van der Waals surface area contributed by atoms with Gasteiger partial charge < -0.3 is 5.32 Å². The van der Waals surface area contributed by atoms with Gasteiger partial charge in [-0.15, -0.1) is 0 Å². The summed E-state index contributed by atoms with van der Waals surface area (Å²) in [7, 11) is 0. The van der Waals surface area contributed by atoms with E-state index >= 15 is 0 Å². The Balaban J connectivity index is 1.71. The smallest absolute Gasteiger partial charge is 0.0634 e. The number of hydrogen-bond donors (Lipinski definition) is 1. The Kier molecular flexibility index (Phi) is 3.38. The molecule has 0 aliphatic heterocycles. The average Bonchev–Trinajstić information content (AvgIpc) is 2.99. The lowest BCUT2D eigenvalue weighted by Gasteiger charge is -2.05. The molecule has 1 aromatic heterocycles. The van der Waals surface area contributed by atoms with Crippen LogP contribution in [0.5, 0.6) is 0 Å². The van der Waals surface area contributed by atoms with Crippen LogP contribution >= 0.6 is 11.6 Å². The van der Waals surface area contributed by atoms with Crippen LogP contribution in [0.3, 0.4) is 0 Å². The number of pyridine rings is 1. The molecule has 0 atom stereocenters. The first-order chi connectivity index (χ1) is 6.86. The maximum absolute atomic E-state index is 5.98. The standard InChI is InChI=1S/C11H15ClN2/c12-11-8-14-6-4-10(11)7-13-5-3-9-1-2-9/h4,6,8-9,13H,1-3,5,7H2. The van der Waals surface area contributed by atoms with E-state index in [-0.39, 0.29) is 0 Å². The Labute approximate surface area is 89.7 Å². The lowest BCUT2D eigenvalue weighted by atomic mass is 10.2. The fraction of sp³-hybridized carbons (Fsp3) is 0.545. The third-order valence-electron chi connectivity index (χ3n) is 2.60. The lowest BCUT2D eigenvalue weighted by molar-refractivity contribution is 0.612. The second kappa shape index (κ2) is 4.76. The van der Waals surface area contributed by atoms with Crippen LogP contribution in [0.2, 0.25) is 5.02 Å². The van der Waals surface area contributed by atoms with E-state index in [0.29, 0.717) is 0 Å². The summed E-state index contributed by atoms with van der Waals surface area (Å²) in [5.74, 6) is 0.996. The summed E-state index contributed by atoms with van der Waals surface area (Å²) < 4.78 is 0. The molecule has 1 saturated carbocycles. The van der Waals surface area contributed by atoms with E-state index in [0.717, 1.165) is 29.6 Å². The number of nitrogens with zero attached hydrogens (tertiary/aromatic N) is 1. The Morgan fingerprint density at radius 1 is 1.50 bits per heavy atom. The van der Waals surface area contributed by atoms with Crippen molar-refractivity contribution < 1.29 is 0 Å². The second-order valence-corrected chi connectivity index (χ2v) is 4.28. The molecule has 2 rings (SSSR count). The first kappa shape index (κ1) is 9.94. The van der Waals surface area contributed by atoms with Gasteiger partial charge in [-0.25, -0.2) is 0 Å². The van der Waals surface area contributed by atoms with Crippen molar-refractivity contribution in [1.29, 1.82) is 0 Å². The summed E-state index contributed by atoms with van der Waals surface area (Å²) in [6.45, 7) is 1.96. The third kappa shape index (κ3) is 2.96. The normalized spacial score (nSPS) is 15.8. The minimum Gasteiger partial charge on any atom is -0.313 e. The molecule has 3 heteroatoms. The topological polar surface area (TPSA) is 24.9 Å². The van der Waals surface area contributed by atoms with E-state index in [1.807, 2.05) is 6.07 Å². The number of aromatic nitrogens is 1. The van der Waals surface area contributed by atoms with E-state index in [9.17, 15) is 0 Å². The molecule has 1 N–H and O–H groups in total. The molecule has 1 aliphatic rings. The van der Waals surface area contributed by atoms with E-state index in [1.165, 1.54) is 19.3 Å². The molecule has 0 amide bonds. The minimum atomic E-state index is 0.756. The van der Waals surface area contributed by atoms with Gasteiger partial charge in [-0.3, -0.25) is 4.98 Å². The fourth-order valence-corrected chi connectivity index (χ4v) is 1.67. The molecule has 0 bridgehead atoms. The third-order valence-corrected chi connectivity index (χ3v) is 2.94. The van der Waals surface area contributed by atoms with Gasteiger partial charge in [-0.2, -0.15) is 0 Å². The Hall–Kier alpha value is -0.600. The average molecular weight is 211 g/mol. The number of halogens is 1. The quantitative estimate of drug-likeness (QED) is 0.756. The number of rotatable bonds is 5. The van der Waals surface area contributed by atoms with Crippen LogP contribution in [-0.2, 0) is 6.54 Å². The van der Waals surface area contributed by atoms with Crippen molar-refractivity contribution in [1.82, 2.24) is 10.3 Å². The second-order valence-electron chi connectivity index (χ2n) is 3.88. The molecule has 14 heavy (non-hydrogen) atoms. The van der Waals surface area contributed by atoms with E-state index < -0.39 is 0 Å². The molecule has 0 unspecified atom stereocenters. The highest BCUT2D eigenvalue weighted by Crippen LogP contribution is 2.31. The molecule has 0 radical (unpaired) electrons. The van der Waals surface area contributed by atoms with Gasteiger partial charge in [0, 0.05) is 18.9 Å². The number of nitrogens with one attached hydrogen (secondary N) is 1. The lowest BCUT2D eigenvalue weighted by Crippen LogP contribution is -2.15. The van der Waals surface area contributed by atoms with Gasteiger partial charge in [-0.1, -0.05) is 24.4 Å². The zero-order valence-electron chi connectivity index (χ0n) is 8.17. The molecule has 0 aromatic carbocycles. The van der Waals surface area contributed by atoms with Gasteiger partial charge in [-0.05, 0) is 30.5 Å². The maximum atomic E-state index is 5.98. The minimum absolute atomic E-state index is 0.756. The molecular weight excluding hydrogens is 196 g/mol. The van der Waals surface area contributed by atoms with Crippen molar-refractivity contribution >= 4 is 11.6 Å². The highest BCUT2D eigenvalue weighted by atomic mass is 35.5. The molecule has 0 saturated heterocycles. The maximum Gasteiger partial charge on any atom is 0.0634 e. The Morgan fingerprint density at radius 3 is 3.07 bits per heavy atom. The molecule has 0 spiro atoms. The van der Waals surface area contributed by atoms with Crippen molar-refractivity contribution in [3.63, 3.8) is 0 Å². The van der Waals surface area contributed by atoms with Gasteiger partial charge in [0.1, 0.15) is 0 Å². The Morgan fingerprint density at radius 2 is 2.36 bits per heavy atom. The van der Waals surface area contributed by atoms with Crippen LogP contribution in [0, 0.1) is 5.92 Å². The molecule has 76 valence electrons. The SMILES string of the molecule is Clc1cnccc1CNCCC1CC1. The van der Waals surface area contributed by atoms with Crippen molar-refractivity contribution in [3.05, 3.63) is 29.0 Å². The predicted molar refractivity (Wildman–Crippen MR) is 58.3 cm³/mol. The Bertz CT molecular complexity index is 297. The van der Waals surface area contributed by atoms with Crippen molar-refractivity contribution in [2.24, 2.45) is 5.92 Å². The summed E-state index contributed by atoms with van der Waals surface area (Å²) in [5.41, 5.74) is 1.14. The predicted octanol–water partition coefficient (Wildman–Crippen LogP) is 2.62. The summed E-state index contributed by atoms with van der Waals surface area (Å²) in [4.78, 5) is 3.95. The van der Waals surface area contributed by atoms with Gasteiger partial charge >= 0.3 is 0 Å². The van der Waals surface area contributed by atoms with Crippen molar-refractivity contribution in [2.45, 2.75) is 25.8 Å². The van der Waals surface area contributed by atoms with Crippen LogP contribution < -0.4 is 5.32 Å². The first-order valence-electron chi connectivity index (χ1n) is 5.15. The highest BCUT2D eigenvalue weighted by molar-refractivity contribution is 6.31. The molecular formula is C11H15ClN2. The van der Waals surface area contributed by atoms with E-state index in [4.69, 9.17) is 11.6 Å². The van der Waals surface area contributed by atoms with Crippen molar-refractivity contribution in [3.8, 4) is 0 Å². The van der Waals surface area contributed by atoms with Gasteiger partial charge in [0.15, 0.2) is 0 Å². The molecule has 2 nitrogen and oxygen atoms in total. The van der Waals surface area contributed by atoms with Crippen LogP contribution in [0.1, 0.15) is 24.8 Å². The van der Waals surface area contributed by atoms with Gasteiger partial charge in [0.25, 0.3) is 0 Å². The summed E-state index contributed by atoms with van der Waals surface area (Å²) in [6.07, 6.45) is 7.64. The molecule has 1 fully saturated rings. The zero-order chi connectivity index (χ0) is 9.80. The zero-order valence-corrected chi connectivity index (χ0v) is 8.93. The largest absolute Gasteiger partial charge is 0.313 e. The molecule has 1 aliphatic carbocycles. The van der Waals surface area contributed by atoms with E-state index in [1.54, 1.807) is 12.4 Å². The number of hydrogen-bond acceptors (Lipinski definition) is 2. The van der Waals surface area contributed by atoms with Crippen molar-refractivity contribution in [2.75, 3.05) is 6.54 Å². The summed E-state index contributed by atoms with van der Waals surface area (Å²) in [5, 5.41) is 4.16. The summed E-state index contributed by atoms with van der Waals surface area (Å²) >= 11 is 5.98. The first-order valence-corrected chi connectivity index (χ1v) is 5.53. The molecule has 1 heterocycles. The summed E-state index contributed by atoms with van der Waals surface area (Å²) in [6, 6.07) is 1.96. The molecule has 1 aromatic rings.